The number of pyridine rings is 1. The molecule has 0 unspecified atom stereocenters. The van der Waals surface area contributed by atoms with E-state index in [-0.39, 0.29) is 11.3 Å². The Hall–Kier alpha value is -3.74. The van der Waals surface area contributed by atoms with Crippen molar-refractivity contribution < 1.29 is 18.7 Å². The summed E-state index contributed by atoms with van der Waals surface area (Å²) in [4.78, 5) is 28.7. The number of hydrogen-bond donors (Lipinski definition) is 2. The van der Waals surface area contributed by atoms with E-state index in [4.69, 9.17) is 4.74 Å². The zero-order chi connectivity index (χ0) is 19.2. The molecule has 0 radical (unpaired) electrons. The van der Waals surface area contributed by atoms with Gasteiger partial charge in [-0.1, -0.05) is 6.07 Å². The lowest BCUT2D eigenvalue weighted by molar-refractivity contribution is 0.102. The summed E-state index contributed by atoms with van der Waals surface area (Å²) in [6, 6.07) is 15.2. The second kappa shape index (κ2) is 8.09. The maximum absolute atomic E-state index is 13.2. The van der Waals surface area contributed by atoms with Crippen LogP contribution in [0.1, 0.15) is 20.8 Å². The SMILES string of the molecule is COc1ccc(NC(=O)c2cc(C(=O)Nc3cccc(F)c3)ccn2)cc1. The molecule has 1 heterocycles. The number of carbonyl (C=O) groups is 2. The van der Waals surface area contributed by atoms with Crippen molar-refractivity contribution in [3.63, 3.8) is 0 Å². The number of rotatable bonds is 5. The average Bonchev–Trinajstić information content (AvgIpc) is 2.68. The number of hydrogen-bond acceptors (Lipinski definition) is 4. The second-order valence-corrected chi connectivity index (χ2v) is 5.58. The van der Waals surface area contributed by atoms with Crippen LogP contribution >= 0.6 is 0 Å². The van der Waals surface area contributed by atoms with Crippen LogP contribution in [0, 0.1) is 5.82 Å². The highest BCUT2D eigenvalue weighted by Gasteiger charge is 2.13. The number of aromatic nitrogens is 1. The van der Waals surface area contributed by atoms with Crippen LogP contribution in [0.15, 0.2) is 66.9 Å². The molecule has 2 amide bonds. The maximum atomic E-state index is 13.2. The van der Waals surface area contributed by atoms with Gasteiger partial charge in [0.2, 0.25) is 0 Å². The van der Waals surface area contributed by atoms with Gasteiger partial charge in [-0.3, -0.25) is 14.6 Å². The Morgan fingerprint density at radius 1 is 0.926 bits per heavy atom. The molecule has 0 saturated heterocycles. The topological polar surface area (TPSA) is 80.3 Å². The van der Waals surface area contributed by atoms with Crippen molar-refractivity contribution in [2.45, 2.75) is 0 Å². The molecule has 2 N–H and O–H groups in total. The first-order valence-electron chi connectivity index (χ1n) is 8.03. The van der Waals surface area contributed by atoms with Gasteiger partial charge >= 0.3 is 0 Å². The molecule has 0 bridgehead atoms. The maximum Gasteiger partial charge on any atom is 0.274 e. The van der Waals surface area contributed by atoms with E-state index in [2.05, 4.69) is 15.6 Å². The van der Waals surface area contributed by atoms with E-state index in [0.717, 1.165) is 0 Å². The molecule has 1 aromatic heterocycles. The number of anilines is 2. The van der Waals surface area contributed by atoms with E-state index in [9.17, 15) is 14.0 Å². The van der Waals surface area contributed by atoms with E-state index in [1.807, 2.05) is 0 Å². The van der Waals surface area contributed by atoms with E-state index in [1.54, 1.807) is 37.4 Å². The van der Waals surface area contributed by atoms with E-state index < -0.39 is 17.6 Å². The Bertz CT molecular complexity index is 974. The van der Waals surface area contributed by atoms with Crippen molar-refractivity contribution in [1.29, 1.82) is 0 Å². The summed E-state index contributed by atoms with van der Waals surface area (Å²) in [7, 11) is 1.55. The Kier molecular flexibility index (Phi) is 5.41. The van der Waals surface area contributed by atoms with Gasteiger partial charge in [-0.2, -0.15) is 0 Å². The van der Waals surface area contributed by atoms with Gasteiger partial charge in [0.1, 0.15) is 17.3 Å². The number of halogens is 1. The molecule has 0 aliphatic heterocycles. The minimum absolute atomic E-state index is 0.0812. The van der Waals surface area contributed by atoms with Gasteiger partial charge in [0, 0.05) is 23.1 Å². The zero-order valence-corrected chi connectivity index (χ0v) is 14.4. The van der Waals surface area contributed by atoms with Gasteiger partial charge in [-0.05, 0) is 54.6 Å². The smallest absolute Gasteiger partial charge is 0.274 e. The summed E-state index contributed by atoms with van der Waals surface area (Å²) in [6.07, 6.45) is 1.36. The van der Waals surface area contributed by atoms with Gasteiger partial charge in [-0.15, -0.1) is 0 Å². The van der Waals surface area contributed by atoms with Crippen LogP contribution < -0.4 is 15.4 Å². The van der Waals surface area contributed by atoms with Crippen molar-refractivity contribution in [2.24, 2.45) is 0 Å². The van der Waals surface area contributed by atoms with Crippen LogP contribution in [0.2, 0.25) is 0 Å². The van der Waals surface area contributed by atoms with Gasteiger partial charge in [0.25, 0.3) is 11.8 Å². The summed E-state index contributed by atoms with van der Waals surface area (Å²) in [5.41, 5.74) is 1.20. The third-order valence-electron chi connectivity index (χ3n) is 3.69. The Morgan fingerprint density at radius 3 is 2.37 bits per heavy atom. The van der Waals surface area contributed by atoms with Crippen LogP contribution in [0.3, 0.4) is 0 Å². The zero-order valence-electron chi connectivity index (χ0n) is 14.4. The summed E-state index contributed by atoms with van der Waals surface area (Å²) >= 11 is 0. The highest BCUT2D eigenvalue weighted by molar-refractivity contribution is 6.07. The molecular weight excluding hydrogens is 349 g/mol. The predicted molar refractivity (Wildman–Crippen MR) is 99.5 cm³/mol. The molecule has 7 heteroatoms. The van der Waals surface area contributed by atoms with Crippen molar-refractivity contribution in [3.8, 4) is 5.75 Å². The fourth-order valence-corrected chi connectivity index (χ4v) is 2.33. The molecule has 0 spiro atoms. The summed E-state index contributed by atoms with van der Waals surface area (Å²) < 4.78 is 18.3. The minimum Gasteiger partial charge on any atom is -0.497 e. The Labute approximate surface area is 155 Å². The lowest BCUT2D eigenvalue weighted by Crippen LogP contribution is -2.17. The highest BCUT2D eigenvalue weighted by Crippen LogP contribution is 2.16. The summed E-state index contributed by atoms with van der Waals surface area (Å²) in [6.45, 7) is 0. The van der Waals surface area contributed by atoms with Crippen LogP contribution in [0.25, 0.3) is 0 Å². The van der Waals surface area contributed by atoms with Crippen LogP contribution in [-0.2, 0) is 0 Å². The second-order valence-electron chi connectivity index (χ2n) is 5.58. The molecule has 2 aromatic carbocycles. The van der Waals surface area contributed by atoms with Crippen LogP contribution in [0.4, 0.5) is 15.8 Å². The van der Waals surface area contributed by atoms with Crippen LogP contribution in [-0.4, -0.2) is 23.9 Å². The number of amides is 2. The third kappa shape index (κ3) is 4.66. The number of benzene rings is 2. The predicted octanol–water partition coefficient (Wildman–Crippen LogP) is 3.73. The lowest BCUT2D eigenvalue weighted by Gasteiger charge is -2.08. The molecule has 0 fully saturated rings. The molecule has 3 rings (SSSR count). The highest BCUT2D eigenvalue weighted by atomic mass is 19.1. The summed E-state index contributed by atoms with van der Waals surface area (Å²) in [5, 5.41) is 5.27. The van der Waals surface area contributed by atoms with Gasteiger partial charge in [0.05, 0.1) is 7.11 Å². The third-order valence-corrected chi connectivity index (χ3v) is 3.69. The molecule has 136 valence electrons. The van der Waals surface area contributed by atoms with Crippen molar-refractivity contribution in [2.75, 3.05) is 17.7 Å². The first-order chi connectivity index (χ1) is 13.0. The van der Waals surface area contributed by atoms with Crippen LogP contribution in [0.5, 0.6) is 5.75 Å². The van der Waals surface area contributed by atoms with Gasteiger partial charge in [-0.25, -0.2) is 4.39 Å². The minimum atomic E-state index is -0.471. The van der Waals surface area contributed by atoms with E-state index >= 15 is 0 Å². The molecule has 0 atom stereocenters. The molecule has 3 aromatic rings. The van der Waals surface area contributed by atoms with Gasteiger partial charge in [0.15, 0.2) is 0 Å². The van der Waals surface area contributed by atoms with Crippen molar-refractivity contribution in [1.82, 2.24) is 4.98 Å². The number of ether oxygens (including phenoxy) is 1. The fourth-order valence-electron chi connectivity index (χ4n) is 2.33. The molecule has 6 nitrogen and oxygen atoms in total. The quantitative estimate of drug-likeness (QED) is 0.722. The molecule has 0 aliphatic carbocycles. The largest absolute Gasteiger partial charge is 0.497 e. The average molecular weight is 365 g/mol. The van der Waals surface area contributed by atoms with Crippen molar-refractivity contribution >= 4 is 23.2 Å². The number of nitrogens with one attached hydrogen (secondary N) is 2. The number of nitrogens with zero attached hydrogens (tertiary/aromatic N) is 1. The molecular formula is C20H16FN3O3. The molecule has 0 saturated carbocycles. The van der Waals surface area contributed by atoms with Gasteiger partial charge < -0.3 is 15.4 Å². The van der Waals surface area contributed by atoms with E-state index in [1.165, 1.54) is 36.5 Å². The van der Waals surface area contributed by atoms with Crippen molar-refractivity contribution in [3.05, 3.63) is 83.9 Å². The first-order valence-corrected chi connectivity index (χ1v) is 8.03. The van der Waals surface area contributed by atoms with E-state index in [0.29, 0.717) is 17.1 Å². The summed E-state index contributed by atoms with van der Waals surface area (Å²) in [5.74, 6) is -0.716. The lowest BCUT2D eigenvalue weighted by atomic mass is 10.2. The number of carbonyl (C=O) groups excluding carboxylic acids is 2. The first kappa shape index (κ1) is 18.1. The molecule has 27 heavy (non-hydrogen) atoms. The Morgan fingerprint density at radius 2 is 1.67 bits per heavy atom. The molecule has 0 aliphatic rings. The number of methoxy groups -OCH3 is 1. The standard InChI is InChI=1S/C20H16FN3O3/c1-27-17-7-5-15(6-8-17)23-20(26)18-11-13(9-10-22-18)19(25)24-16-4-2-3-14(21)12-16/h2-12H,1H3,(H,23,26)(H,24,25). The normalized spacial score (nSPS) is 10.1. The fraction of sp³-hybridized carbons (Fsp3) is 0.0500. The Balaban J connectivity index is 1.71. The monoisotopic (exact) mass is 365 g/mol.